The summed E-state index contributed by atoms with van der Waals surface area (Å²) in [6.45, 7) is 0. The fourth-order valence-electron chi connectivity index (χ4n) is 1.96. The molecule has 2 heterocycles. The Bertz CT molecular complexity index is 927. The number of amides is 2. The molecule has 11 heteroatoms. The smallest absolute Gasteiger partial charge is 0.403 e. The molecule has 0 saturated heterocycles. The molecule has 0 fully saturated rings. The molecule has 3 rings (SSSR count). The number of anilines is 2. The van der Waals surface area contributed by atoms with Gasteiger partial charge in [0.05, 0.1) is 5.56 Å². The van der Waals surface area contributed by atoms with Gasteiger partial charge in [-0.05, 0) is 30.3 Å². The van der Waals surface area contributed by atoms with Crippen LogP contribution in [0.25, 0.3) is 11.5 Å². The van der Waals surface area contributed by atoms with E-state index in [2.05, 4.69) is 25.8 Å². The first kappa shape index (κ1) is 17.3. The lowest BCUT2D eigenvalue weighted by molar-refractivity contribution is -0.139. The maximum Gasteiger partial charge on any atom is 0.419 e. The van der Waals surface area contributed by atoms with Crippen molar-refractivity contribution in [1.82, 2.24) is 15.2 Å². The standard InChI is InChI=1S/C15H9F4N5O2/c16-11-2-1-9(7-10(11)15(17,18)19)21-13(25)22-14-24-23-12(26-14)8-3-5-20-6-4-8/h1-7H,(H2,21,22,24,25). The zero-order chi connectivity index (χ0) is 18.7. The van der Waals surface area contributed by atoms with Gasteiger partial charge in [0.25, 0.3) is 0 Å². The maximum atomic E-state index is 13.2. The number of hydrogen-bond donors (Lipinski definition) is 2. The highest BCUT2D eigenvalue weighted by molar-refractivity contribution is 5.98. The van der Waals surface area contributed by atoms with Crippen LogP contribution < -0.4 is 10.6 Å². The molecule has 1 aromatic carbocycles. The van der Waals surface area contributed by atoms with E-state index in [1.807, 2.05) is 0 Å². The number of pyridine rings is 1. The Kier molecular flexibility index (Phi) is 4.52. The lowest BCUT2D eigenvalue weighted by Crippen LogP contribution is -2.20. The second-order valence-corrected chi connectivity index (χ2v) is 4.92. The van der Waals surface area contributed by atoms with Crippen molar-refractivity contribution in [2.45, 2.75) is 6.18 Å². The van der Waals surface area contributed by atoms with E-state index < -0.39 is 23.6 Å². The molecule has 3 aromatic rings. The van der Waals surface area contributed by atoms with Gasteiger partial charge in [-0.15, -0.1) is 5.10 Å². The Morgan fingerprint density at radius 3 is 2.46 bits per heavy atom. The highest BCUT2D eigenvalue weighted by Crippen LogP contribution is 2.33. The number of nitrogens with zero attached hydrogens (tertiary/aromatic N) is 3. The molecule has 2 N–H and O–H groups in total. The van der Waals surface area contributed by atoms with Crippen LogP contribution in [0.2, 0.25) is 0 Å². The first-order chi connectivity index (χ1) is 12.3. The average molecular weight is 367 g/mol. The van der Waals surface area contributed by atoms with Crippen LogP contribution in [0.3, 0.4) is 0 Å². The molecule has 0 atom stereocenters. The summed E-state index contributed by atoms with van der Waals surface area (Å²) in [6.07, 6.45) is -1.87. The Morgan fingerprint density at radius 2 is 1.77 bits per heavy atom. The predicted octanol–water partition coefficient (Wildman–Crippen LogP) is 3.93. The van der Waals surface area contributed by atoms with Crippen molar-refractivity contribution in [1.29, 1.82) is 0 Å². The molecule has 2 aromatic heterocycles. The third-order valence-electron chi connectivity index (χ3n) is 3.10. The Hall–Kier alpha value is -3.50. The molecule has 26 heavy (non-hydrogen) atoms. The van der Waals surface area contributed by atoms with E-state index >= 15 is 0 Å². The summed E-state index contributed by atoms with van der Waals surface area (Å²) in [5.74, 6) is -1.33. The number of rotatable bonds is 3. The number of carbonyl (C=O) groups excluding carboxylic acids is 1. The lowest BCUT2D eigenvalue weighted by Gasteiger charge is -2.10. The zero-order valence-corrected chi connectivity index (χ0v) is 12.7. The lowest BCUT2D eigenvalue weighted by atomic mass is 10.2. The number of urea groups is 1. The van der Waals surface area contributed by atoms with Crippen LogP contribution in [0.5, 0.6) is 0 Å². The molecule has 0 radical (unpaired) electrons. The Labute approximate surface area is 143 Å². The molecule has 0 spiro atoms. The highest BCUT2D eigenvalue weighted by Gasteiger charge is 2.34. The molecular formula is C15H9F4N5O2. The van der Waals surface area contributed by atoms with Gasteiger partial charge in [-0.3, -0.25) is 10.3 Å². The fourth-order valence-corrected chi connectivity index (χ4v) is 1.96. The van der Waals surface area contributed by atoms with E-state index in [1.165, 1.54) is 12.4 Å². The second kappa shape index (κ2) is 6.78. The first-order valence-electron chi connectivity index (χ1n) is 7.01. The third kappa shape index (κ3) is 3.94. The highest BCUT2D eigenvalue weighted by atomic mass is 19.4. The molecule has 0 aliphatic heterocycles. The van der Waals surface area contributed by atoms with Crippen LogP contribution in [-0.2, 0) is 6.18 Å². The van der Waals surface area contributed by atoms with Gasteiger partial charge < -0.3 is 9.73 Å². The van der Waals surface area contributed by atoms with Crippen molar-refractivity contribution in [2.24, 2.45) is 0 Å². The van der Waals surface area contributed by atoms with Gasteiger partial charge in [0.2, 0.25) is 5.89 Å². The van der Waals surface area contributed by atoms with E-state index in [4.69, 9.17) is 4.42 Å². The van der Waals surface area contributed by atoms with Gasteiger partial charge in [0.15, 0.2) is 0 Å². The van der Waals surface area contributed by atoms with Crippen molar-refractivity contribution in [2.75, 3.05) is 10.6 Å². The Morgan fingerprint density at radius 1 is 1.04 bits per heavy atom. The van der Waals surface area contributed by atoms with Gasteiger partial charge in [0, 0.05) is 23.6 Å². The number of alkyl halides is 3. The van der Waals surface area contributed by atoms with Crippen molar-refractivity contribution >= 4 is 17.7 Å². The van der Waals surface area contributed by atoms with Crippen LogP contribution in [0, 0.1) is 5.82 Å². The number of hydrogen-bond acceptors (Lipinski definition) is 5. The second-order valence-electron chi connectivity index (χ2n) is 4.92. The summed E-state index contributed by atoms with van der Waals surface area (Å²) in [7, 11) is 0. The first-order valence-corrected chi connectivity index (χ1v) is 7.01. The Balaban J connectivity index is 1.69. The number of nitrogens with one attached hydrogen (secondary N) is 2. The van der Waals surface area contributed by atoms with E-state index in [1.54, 1.807) is 12.1 Å². The summed E-state index contributed by atoms with van der Waals surface area (Å²) < 4.78 is 56.5. The van der Waals surface area contributed by atoms with Crippen molar-refractivity contribution in [3.8, 4) is 11.5 Å². The number of aromatic nitrogens is 3. The molecule has 0 bridgehead atoms. The minimum absolute atomic E-state index is 0.115. The monoisotopic (exact) mass is 367 g/mol. The predicted molar refractivity (Wildman–Crippen MR) is 81.6 cm³/mol. The van der Waals surface area contributed by atoms with Crippen LogP contribution in [0.1, 0.15) is 5.56 Å². The largest absolute Gasteiger partial charge is 0.419 e. The van der Waals surface area contributed by atoms with Crippen molar-refractivity contribution in [3.63, 3.8) is 0 Å². The van der Waals surface area contributed by atoms with E-state index in [9.17, 15) is 22.4 Å². The summed E-state index contributed by atoms with van der Waals surface area (Å²) >= 11 is 0. The quantitative estimate of drug-likeness (QED) is 0.684. The third-order valence-corrected chi connectivity index (χ3v) is 3.10. The van der Waals surface area contributed by atoms with E-state index in [0.29, 0.717) is 17.7 Å². The normalized spacial score (nSPS) is 11.2. The molecule has 0 unspecified atom stereocenters. The van der Waals surface area contributed by atoms with Gasteiger partial charge in [-0.1, -0.05) is 5.10 Å². The topological polar surface area (TPSA) is 92.9 Å². The summed E-state index contributed by atoms with van der Waals surface area (Å²) in [5, 5.41) is 11.6. The van der Waals surface area contributed by atoms with Gasteiger partial charge in [0.1, 0.15) is 5.82 Å². The number of benzene rings is 1. The SMILES string of the molecule is O=C(Nc1ccc(F)c(C(F)(F)F)c1)Nc1nnc(-c2ccncc2)o1. The fraction of sp³-hybridized carbons (Fsp3) is 0.0667. The van der Waals surface area contributed by atoms with Crippen LogP contribution in [0.4, 0.5) is 34.1 Å². The van der Waals surface area contributed by atoms with Crippen molar-refractivity contribution < 1.29 is 26.8 Å². The van der Waals surface area contributed by atoms with Crippen LogP contribution in [0.15, 0.2) is 47.1 Å². The average Bonchev–Trinajstić information content (AvgIpc) is 3.05. The maximum absolute atomic E-state index is 13.2. The van der Waals surface area contributed by atoms with Gasteiger partial charge in [-0.25, -0.2) is 9.18 Å². The zero-order valence-electron chi connectivity index (χ0n) is 12.7. The van der Waals surface area contributed by atoms with E-state index in [0.717, 1.165) is 6.07 Å². The number of carbonyl (C=O) groups is 1. The van der Waals surface area contributed by atoms with E-state index in [-0.39, 0.29) is 17.6 Å². The molecule has 7 nitrogen and oxygen atoms in total. The summed E-state index contributed by atoms with van der Waals surface area (Å²) in [6, 6.07) is 4.07. The molecule has 134 valence electrons. The molecular weight excluding hydrogens is 358 g/mol. The van der Waals surface area contributed by atoms with Crippen molar-refractivity contribution in [3.05, 3.63) is 54.1 Å². The number of halogens is 4. The van der Waals surface area contributed by atoms with Crippen LogP contribution >= 0.6 is 0 Å². The van der Waals surface area contributed by atoms with Gasteiger partial charge >= 0.3 is 18.2 Å². The molecule has 0 aliphatic carbocycles. The van der Waals surface area contributed by atoms with Gasteiger partial charge in [-0.2, -0.15) is 13.2 Å². The molecule has 0 aliphatic rings. The molecule has 0 saturated carbocycles. The molecule has 2 amide bonds. The minimum Gasteiger partial charge on any atom is -0.403 e. The minimum atomic E-state index is -4.88. The summed E-state index contributed by atoms with van der Waals surface area (Å²) in [4.78, 5) is 15.7. The summed E-state index contributed by atoms with van der Waals surface area (Å²) in [5.41, 5.74) is -1.19. The van der Waals surface area contributed by atoms with Crippen LogP contribution in [-0.4, -0.2) is 21.2 Å².